The van der Waals surface area contributed by atoms with Crippen LogP contribution in [0.4, 0.5) is 5.69 Å². The zero-order valence-corrected chi connectivity index (χ0v) is 26.8. The zero-order valence-electron chi connectivity index (χ0n) is 25.2. The summed E-state index contributed by atoms with van der Waals surface area (Å²) in [4.78, 5) is 15.6. The Morgan fingerprint density at radius 1 is 1.14 bits per heavy atom. The van der Waals surface area contributed by atoms with Crippen molar-refractivity contribution >= 4 is 33.2 Å². The van der Waals surface area contributed by atoms with Crippen LogP contribution in [0.25, 0.3) is 0 Å². The van der Waals surface area contributed by atoms with Gasteiger partial charge >= 0.3 is 0 Å². The van der Waals surface area contributed by atoms with Crippen LogP contribution >= 0.6 is 11.6 Å². The standard InChI is InChI=1S/C33H43ClN2O6S/c1-22-7-6-15-33(21-37,41-3)29-13-10-26(29)19-36-16-5-4-8-24-17-28(34)12-9-27(24)20-42-31-14-11-25(18-30(31)36)32(38)35-43(39,40)23(22)2/h6,9,11-12,14-15,17-18,22-23,26,29,37H,4-5,7-8,10,13,16,19-21H2,1-3H3,(H,35,38)/b15-6+/t22-,23+,26-,29+,33+/m0/s1. The van der Waals surface area contributed by atoms with Gasteiger partial charge in [0.25, 0.3) is 5.91 Å². The maximum absolute atomic E-state index is 13.4. The van der Waals surface area contributed by atoms with Crippen LogP contribution in [0.2, 0.25) is 5.02 Å². The van der Waals surface area contributed by atoms with Gasteiger partial charge in [-0.2, -0.15) is 0 Å². The Labute approximate surface area is 260 Å². The summed E-state index contributed by atoms with van der Waals surface area (Å²) in [6.07, 6.45) is 8.95. The average molecular weight is 631 g/mol. The normalized spacial score (nSPS) is 30.3. The number of methoxy groups -OCH3 is 1. The smallest absolute Gasteiger partial charge is 0.264 e. The minimum absolute atomic E-state index is 0.0866. The monoisotopic (exact) mass is 630 g/mol. The number of amides is 1. The topological polar surface area (TPSA) is 105 Å². The van der Waals surface area contributed by atoms with Crippen LogP contribution in [-0.4, -0.2) is 57.1 Å². The summed E-state index contributed by atoms with van der Waals surface area (Å²) in [7, 11) is -2.32. The number of nitrogens with zero attached hydrogens (tertiary/aromatic N) is 1. The van der Waals surface area contributed by atoms with E-state index in [-0.39, 0.29) is 29.9 Å². The van der Waals surface area contributed by atoms with Crippen LogP contribution in [0.1, 0.15) is 67.4 Å². The van der Waals surface area contributed by atoms with E-state index < -0.39 is 26.8 Å². The second-order valence-corrected chi connectivity index (χ2v) is 14.8. The van der Waals surface area contributed by atoms with E-state index in [1.165, 1.54) is 0 Å². The fraction of sp³-hybridized carbons (Fsp3) is 0.545. The maximum Gasteiger partial charge on any atom is 0.264 e. The Morgan fingerprint density at radius 2 is 1.95 bits per heavy atom. The van der Waals surface area contributed by atoms with Crippen LogP contribution in [0.15, 0.2) is 48.6 Å². The number of benzene rings is 2. The van der Waals surface area contributed by atoms with E-state index in [0.717, 1.165) is 55.5 Å². The molecule has 3 aliphatic rings. The molecule has 0 aromatic heterocycles. The molecule has 2 heterocycles. The number of aliphatic hydroxyl groups excluding tert-OH is 1. The number of ether oxygens (including phenoxy) is 2. The van der Waals surface area contributed by atoms with Crippen molar-refractivity contribution in [3.63, 3.8) is 0 Å². The summed E-state index contributed by atoms with van der Waals surface area (Å²) < 4.78 is 41.2. The first-order valence-corrected chi connectivity index (χ1v) is 17.2. The number of anilines is 1. The fourth-order valence-corrected chi connectivity index (χ4v) is 8.11. The molecule has 10 heteroatoms. The quantitative estimate of drug-likeness (QED) is 0.422. The number of carbonyl (C=O) groups excluding carboxylic acids is 1. The molecule has 2 bridgehead atoms. The van der Waals surface area contributed by atoms with Gasteiger partial charge in [0.1, 0.15) is 18.0 Å². The lowest BCUT2D eigenvalue weighted by Gasteiger charge is -2.49. The van der Waals surface area contributed by atoms with Crippen LogP contribution in [0.3, 0.4) is 0 Å². The van der Waals surface area contributed by atoms with Crippen molar-refractivity contribution < 1.29 is 27.8 Å². The van der Waals surface area contributed by atoms with Gasteiger partial charge in [-0.3, -0.25) is 4.79 Å². The molecule has 43 heavy (non-hydrogen) atoms. The largest absolute Gasteiger partial charge is 0.487 e. The molecule has 0 unspecified atom stereocenters. The minimum atomic E-state index is -3.95. The molecular weight excluding hydrogens is 588 g/mol. The number of aryl methyl sites for hydroxylation is 1. The Bertz CT molecular complexity index is 1460. The molecule has 0 saturated heterocycles. The molecule has 1 fully saturated rings. The molecule has 0 spiro atoms. The van der Waals surface area contributed by atoms with Gasteiger partial charge in [-0.05, 0) is 105 Å². The molecule has 1 aliphatic carbocycles. The SMILES string of the molecule is CO[C@@]1(CO)/C=C/C[C@H](C)[C@@H](C)S(=O)(=O)NC(=O)c2ccc3c(c2)N(CCCCc2cc(Cl)ccc2CO3)C[C@@H]2CC[C@H]21. The van der Waals surface area contributed by atoms with Crippen molar-refractivity contribution in [2.24, 2.45) is 17.8 Å². The summed E-state index contributed by atoms with van der Waals surface area (Å²) in [6, 6.07) is 11.0. The molecule has 2 aromatic carbocycles. The van der Waals surface area contributed by atoms with Gasteiger partial charge in [0, 0.05) is 30.8 Å². The van der Waals surface area contributed by atoms with Gasteiger partial charge in [0.15, 0.2) is 0 Å². The van der Waals surface area contributed by atoms with Gasteiger partial charge < -0.3 is 19.5 Å². The number of hydrogen-bond donors (Lipinski definition) is 2. The second-order valence-electron chi connectivity index (χ2n) is 12.3. The lowest BCUT2D eigenvalue weighted by Crippen LogP contribution is -2.53. The van der Waals surface area contributed by atoms with Gasteiger partial charge in [-0.25, -0.2) is 13.1 Å². The first kappa shape index (κ1) is 31.8. The zero-order chi connectivity index (χ0) is 30.8. The molecule has 5 rings (SSSR count). The van der Waals surface area contributed by atoms with Crippen molar-refractivity contribution in [3.05, 3.63) is 70.3 Å². The third-order valence-electron chi connectivity index (χ3n) is 9.80. The highest BCUT2D eigenvalue weighted by molar-refractivity contribution is 7.90. The predicted molar refractivity (Wildman–Crippen MR) is 169 cm³/mol. The summed E-state index contributed by atoms with van der Waals surface area (Å²) in [6.45, 7) is 5.06. The Morgan fingerprint density at radius 3 is 2.67 bits per heavy atom. The van der Waals surface area contributed by atoms with Gasteiger partial charge in [-0.1, -0.05) is 36.7 Å². The Kier molecular flexibility index (Phi) is 9.76. The molecule has 1 saturated carbocycles. The number of nitrogens with one attached hydrogen (secondary N) is 1. The van der Waals surface area contributed by atoms with Crippen LogP contribution in [-0.2, 0) is 27.8 Å². The summed E-state index contributed by atoms with van der Waals surface area (Å²) in [5.41, 5.74) is 2.39. The van der Waals surface area contributed by atoms with E-state index in [0.29, 0.717) is 30.3 Å². The molecule has 2 aliphatic heterocycles. The molecular formula is C33H43ClN2O6S. The average Bonchev–Trinajstić information content (AvgIpc) is 3.00. The number of allylic oxidation sites excluding steroid dienone is 1. The number of halogens is 1. The maximum atomic E-state index is 13.4. The van der Waals surface area contributed by atoms with Crippen molar-refractivity contribution in [2.45, 2.75) is 69.8 Å². The predicted octanol–water partition coefficient (Wildman–Crippen LogP) is 5.51. The number of rotatable bonds is 2. The second kappa shape index (κ2) is 13.2. The summed E-state index contributed by atoms with van der Waals surface area (Å²) in [5, 5.41) is 10.5. The number of carbonyl (C=O) groups is 1. The summed E-state index contributed by atoms with van der Waals surface area (Å²) in [5.74, 6) is 0.0329. The van der Waals surface area contributed by atoms with E-state index in [9.17, 15) is 18.3 Å². The summed E-state index contributed by atoms with van der Waals surface area (Å²) >= 11 is 6.32. The van der Waals surface area contributed by atoms with Crippen molar-refractivity contribution in [3.8, 4) is 5.75 Å². The lowest BCUT2D eigenvalue weighted by molar-refractivity contribution is -0.103. The Hall–Kier alpha value is -2.59. The van der Waals surface area contributed by atoms with Gasteiger partial charge in [0.05, 0.1) is 17.5 Å². The van der Waals surface area contributed by atoms with Crippen molar-refractivity contribution in [2.75, 3.05) is 31.7 Å². The van der Waals surface area contributed by atoms with Crippen LogP contribution in [0.5, 0.6) is 5.75 Å². The van der Waals surface area contributed by atoms with Crippen LogP contribution in [0, 0.1) is 17.8 Å². The van der Waals surface area contributed by atoms with Crippen LogP contribution < -0.4 is 14.4 Å². The highest BCUT2D eigenvalue weighted by atomic mass is 35.5. The third-order valence-corrected chi connectivity index (χ3v) is 11.9. The van der Waals surface area contributed by atoms with E-state index in [2.05, 4.69) is 9.62 Å². The third kappa shape index (κ3) is 6.75. The van der Waals surface area contributed by atoms with E-state index >= 15 is 0 Å². The van der Waals surface area contributed by atoms with Gasteiger partial charge in [-0.15, -0.1) is 0 Å². The van der Waals surface area contributed by atoms with E-state index in [1.807, 2.05) is 37.3 Å². The van der Waals surface area contributed by atoms with Gasteiger partial charge in [0.2, 0.25) is 10.0 Å². The molecule has 1 amide bonds. The fourth-order valence-electron chi connectivity index (χ4n) is 6.63. The number of fused-ring (bicyclic) bond motifs is 3. The number of sulfonamides is 1. The first-order valence-electron chi connectivity index (χ1n) is 15.3. The van der Waals surface area contributed by atoms with Crippen molar-refractivity contribution in [1.29, 1.82) is 0 Å². The first-order chi connectivity index (χ1) is 20.6. The van der Waals surface area contributed by atoms with E-state index in [4.69, 9.17) is 21.1 Å². The molecule has 5 atom stereocenters. The number of aliphatic hydroxyl groups is 1. The number of hydrogen-bond acceptors (Lipinski definition) is 7. The lowest BCUT2D eigenvalue weighted by atomic mass is 9.64. The van der Waals surface area contributed by atoms with Crippen molar-refractivity contribution in [1.82, 2.24) is 4.72 Å². The molecule has 0 radical (unpaired) electrons. The Balaban J connectivity index is 1.58. The van der Waals surface area contributed by atoms with E-state index in [1.54, 1.807) is 32.2 Å². The highest BCUT2D eigenvalue weighted by Gasteiger charge is 2.47. The molecule has 2 aromatic rings. The molecule has 8 nitrogen and oxygen atoms in total. The molecule has 234 valence electrons. The minimum Gasteiger partial charge on any atom is -0.487 e. The highest BCUT2D eigenvalue weighted by Crippen LogP contribution is 2.46. The molecule has 2 N–H and O–H groups in total.